The molecule has 1 aromatic heterocycles. The number of Topliss-reactive ketones (excluding diaryl/α,β-unsaturated/α-hetero) is 1. The molecule has 0 saturated heterocycles. The van der Waals surface area contributed by atoms with Crippen LogP contribution in [-0.4, -0.2) is 29.6 Å². The van der Waals surface area contributed by atoms with Crippen molar-refractivity contribution in [2.24, 2.45) is 11.8 Å². The minimum absolute atomic E-state index is 0.0359. The number of carbonyl (C=O) groups is 1. The Kier molecular flexibility index (Phi) is 5.29. The Morgan fingerprint density at radius 2 is 2.05 bits per heavy atom. The molecule has 20 heavy (non-hydrogen) atoms. The Balaban J connectivity index is 1.88. The molecule has 0 atom stereocenters. The summed E-state index contributed by atoms with van der Waals surface area (Å²) in [5.74, 6) is 3.11. The Morgan fingerprint density at radius 1 is 1.35 bits per heavy atom. The monoisotopic (exact) mass is 280 g/mol. The van der Waals surface area contributed by atoms with Crippen molar-refractivity contribution in [1.82, 2.24) is 10.1 Å². The summed E-state index contributed by atoms with van der Waals surface area (Å²) >= 11 is 0. The largest absolute Gasteiger partial charge is 0.377 e. The molecule has 0 N–H and O–H groups in total. The van der Waals surface area contributed by atoms with Crippen molar-refractivity contribution in [3.05, 3.63) is 11.7 Å². The van der Waals surface area contributed by atoms with Gasteiger partial charge in [0.05, 0.1) is 6.42 Å². The fraction of sp³-hybridized carbons (Fsp3) is 0.800. The van der Waals surface area contributed by atoms with Crippen LogP contribution < -0.4 is 0 Å². The van der Waals surface area contributed by atoms with Crippen molar-refractivity contribution in [3.8, 4) is 0 Å². The minimum Gasteiger partial charge on any atom is -0.377 e. The van der Waals surface area contributed by atoms with Crippen molar-refractivity contribution in [1.29, 1.82) is 0 Å². The predicted molar refractivity (Wildman–Crippen MR) is 74.4 cm³/mol. The first-order valence-electron chi connectivity index (χ1n) is 7.43. The summed E-state index contributed by atoms with van der Waals surface area (Å²) < 4.78 is 9.97. The highest BCUT2D eigenvalue weighted by atomic mass is 16.5. The average Bonchev–Trinajstić information content (AvgIpc) is 2.87. The first-order chi connectivity index (χ1) is 9.60. The van der Waals surface area contributed by atoms with Crippen LogP contribution in [0.3, 0.4) is 0 Å². The van der Waals surface area contributed by atoms with Gasteiger partial charge in [0.1, 0.15) is 6.61 Å². The molecule has 1 aliphatic carbocycles. The number of nitrogens with zero attached hydrogens (tertiary/aromatic N) is 2. The molecule has 0 spiro atoms. The lowest BCUT2D eigenvalue weighted by atomic mass is 9.77. The fourth-order valence-electron chi connectivity index (χ4n) is 2.93. The van der Waals surface area contributed by atoms with Crippen LogP contribution in [0.25, 0.3) is 0 Å². The Bertz CT molecular complexity index is 434. The number of hydrogen-bond donors (Lipinski definition) is 0. The van der Waals surface area contributed by atoms with Crippen LogP contribution in [0.4, 0.5) is 0 Å². The summed E-state index contributed by atoms with van der Waals surface area (Å²) in [5.41, 5.74) is 0. The number of carbonyl (C=O) groups excluding carboxylic acids is 1. The van der Waals surface area contributed by atoms with E-state index in [1.165, 1.54) is 20.0 Å². The van der Waals surface area contributed by atoms with Gasteiger partial charge in [-0.15, -0.1) is 0 Å². The molecule has 1 fully saturated rings. The molecule has 1 saturated carbocycles. The van der Waals surface area contributed by atoms with Crippen LogP contribution in [0.5, 0.6) is 0 Å². The Labute approximate surface area is 120 Å². The van der Waals surface area contributed by atoms with Crippen LogP contribution in [0.1, 0.15) is 57.2 Å². The fourth-order valence-corrected chi connectivity index (χ4v) is 2.93. The van der Waals surface area contributed by atoms with Crippen molar-refractivity contribution in [2.45, 2.75) is 51.9 Å². The number of ether oxygens (including phenoxy) is 1. The van der Waals surface area contributed by atoms with Crippen molar-refractivity contribution in [3.63, 3.8) is 0 Å². The highest BCUT2D eigenvalue weighted by Crippen LogP contribution is 2.37. The van der Waals surface area contributed by atoms with Gasteiger partial charge in [-0.1, -0.05) is 19.0 Å². The van der Waals surface area contributed by atoms with Crippen LogP contribution in [0.2, 0.25) is 0 Å². The van der Waals surface area contributed by atoms with Gasteiger partial charge in [0.15, 0.2) is 11.6 Å². The van der Waals surface area contributed by atoms with Gasteiger partial charge >= 0.3 is 0 Å². The maximum Gasteiger partial charge on any atom is 0.234 e. The number of aromatic nitrogens is 2. The normalized spacial score (nSPS) is 23.2. The molecule has 1 heterocycles. The lowest BCUT2D eigenvalue weighted by molar-refractivity contribution is -0.122. The first-order valence-corrected chi connectivity index (χ1v) is 7.43. The van der Waals surface area contributed by atoms with Crippen LogP contribution in [-0.2, 0) is 16.0 Å². The lowest BCUT2D eigenvalue weighted by Crippen LogP contribution is -2.18. The van der Waals surface area contributed by atoms with Crippen LogP contribution in [0.15, 0.2) is 4.52 Å². The third-order valence-electron chi connectivity index (χ3n) is 4.22. The molecule has 0 aromatic carbocycles. The molecule has 1 aliphatic rings. The second-order valence-corrected chi connectivity index (χ2v) is 6.05. The summed E-state index contributed by atoms with van der Waals surface area (Å²) in [7, 11) is 1.50. The molecular formula is C15H24N2O3. The van der Waals surface area contributed by atoms with Gasteiger partial charge in [-0.2, -0.15) is 4.98 Å². The van der Waals surface area contributed by atoms with Crippen LogP contribution >= 0.6 is 0 Å². The maximum absolute atomic E-state index is 11.5. The zero-order chi connectivity index (χ0) is 14.5. The molecule has 1 aromatic rings. The molecular weight excluding hydrogens is 256 g/mol. The third kappa shape index (κ3) is 3.88. The standard InChI is InChI=1S/C15H24N2O3/c1-10(2)11-4-6-12(7-5-11)15-16-14(20-17-15)8-13(18)9-19-3/h10-12H,4-9H2,1-3H3. The van der Waals surface area contributed by atoms with Gasteiger partial charge in [-0.05, 0) is 37.5 Å². The second kappa shape index (κ2) is 6.97. The van der Waals surface area contributed by atoms with Gasteiger partial charge in [-0.3, -0.25) is 4.79 Å². The van der Waals surface area contributed by atoms with E-state index in [0.717, 1.165) is 30.5 Å². The van der Waals surface area contributed by atoms with Gasteiger partial charge in [0, 0.05) is 13.0 Å². The smallest absolute Gasteiger partial charge is 0.234 e. The SMILES string of the molecule is COCC(=O)Cc1nc(C2CCC(C(C)C)CC2)no1. The van der Waals surface area contributed by atoms with E-state index in [-0.39, 0.29) is 18.8 Å². The third-order valence-corrected chi connectivity index (χ3v) is 4.22. The van der Waals surface area contributed by atoms with Gasteiger partial charge in [-0.25, -0.2) is 0 Å². The topological polar surface area (TPSA) is 65.2 Å². The first kappa shape index (κ1) is 15.2. The summed E-state index contributed by atoms with van der Waals surface area (Å²) in [6.07, 6.45) is 4.87. The molecule has 5 nitrogen and oxygen atoms in total. The quantitative estimate of drug-likeness (QED) is 0.801. The van der Waals surface area contributed by atoms with Crippen molar-refractivity contribution >= 4 is 5.78 Å². The summed E-state index contributed by atoms with van der Waals surface area (Å²) in [6.45, 7) is 4.68. The highest BCUT2D eigenvalue weighted by molar-refractivity contribution is 5.81. The van der Waals surface area contributed by atoms with Crippen LogP contribution in [0, 0.1) is 11.8 Å². The van der Waals surface area contributed by atoms with E-state index in [1.54, 1.807) is 0 Å². The molecule has 0 radical (unpaired) electrons. The summed E-state index contributed by atoms with van der Waals surface area (Å²) in [6, 6.07) is 0. The van der Waals surface area contributed by atoms with E-state index >= 15 is 0 Å². The summed E-state index contributed by atoms with van der Waals surface area (Å²) in [4.78, 5) is 15.8. The van der Waals surface area contributed by atoms with Gasteiger partial charge in [0.2, 0.25) is 5.89 Å². The van der Waals surface area contributed by atoms with E-state index in [1.807, 2.05) is 0 Å². The second-order valence-electron chi connectivity index (χ2n) is 6.05. The number of hydrogen-bond acceptors (Lipinski definition) is 5. The molecule has 0 amide bonds. The molecule has 0 aliphatic heterocycles. The molecule has 0 bridgehead atoms. The number of rotatable bonds is 6. The van der Waals surface area contributed by atoms with E-state index in [2.05, 4.69) is 24.0 Å². The number of methoxy groups -OCH3 is 1. The van der Waals surface area contributed by atoms with E-state index in [9.17, 15) is 4.79 Å². The molecule has 112 valence electrons. The minimum atomic E-state index is -0.0359. The average molecular weight is 280 g/mol. The highest BCUT2D eigenvalue weighted by Gasteiger charge is 2.27. The van der Waals surface area contributed by atoms with Crippen molar-refractivity contribution in [2.75, 3.05) is 13.7 Å². The Hall–Kier alpha value is -1.23. The Morgan fingerprint density at radius 3 is 2.65 bits per heavy atom. The van der Waals surface area contributed by atoms with E-state index < -0.39 is 0 Å². The zero-order valence-electron chi connectivity index (χ0n) is 12.6. The lowest BCUT2D eigenvalue weighted by Gasteiger charge is -2.29. The number of ketones is 1. The van der Waals surface area contributed by atoms with Gasteiger partial charge < -0.3 is 9.26 Å². The predicted octanol–water partition coefficient (Wildman–Crippen LogP) is 2.76. The summed E-state index contributed by atoms with van der Waals surface area (Å²) in [5, 5.41) is 4.04. The molecule has 2 rings (SSSR count). The van der Waals surface area contributed by atoms with Crippen molar-refractivity contribution < 1.29 is 14.1 Å². The maximum atomic E-state index is 11.5. The zero-order valence-corrected chi connectivity index (χ0v) is 12.6. The van der Waals surface area contributed by atoms with E-state index in [0.29, 0.717) is 11.8 Å². The molecule has 5 heteroatoms. The van der Waals surface area contributed by atoms with Gasteiger partial charge in [0.25, 0.3) is 0 Å². The molecule has 0 unspecified atom stereocenters. The van der Waals surface area contributed by atoms with E-state index in [4.69, 9.17) is 9.26 Å².